The van der Waals surface area contributed by atoms with Crippen molar-refractivity contribution in [3.8, 4) is 5.75 Å². The number of hydrogen-bond acceptors (Lipinski definition) is 3. The third-order valence-corrected chi connectivity index (χ3v) is 4.91. The Labute approximate surface area is 190 Å². The zero-order valence-corrected chi connectivity index (χ0v) is 19.0. The number of nitrogens with two attached hydrogens (primary N) is 1. The van der Waals surface area contributed by atoms with Gasteiger partial charge in [0.05, 0.1) is 6.61 Å². The minimum absolute atomic E-state index is 0.257. The van der Waals surface area contributed by atoms with Gasteiger partial charge in [-0.15, -0.1) is 0 Å². The molecule has 0 radical (unpaired) electrons. The van der Waals surface area contributed by atoms with Crippen LogP contribution in [0.2, 0.25) is 0 Å². The average molecular weight is 445 g/mol. The monoisotopic (exact) mass is 444 g/mol. The normalized spacial score (nSPS) is 10.3. The fourth-order valence-electron chi connectivity index (χ4n) is 2.97. The van der Waals surface area contributed by atoms with Crippen molar-refractivity contribution in [1.82, 2.24) is 10.6 Å². The molecule has 2 aromatic rings. The van der Waals surface area contributed by atoms with Gasteiger partial charge in [-0.3, -0.25) is 0 Å². The van der Waals surface area contributed by atoms with Crippen molar-refractivity contribution in [2.24, 2.45) is 5.73 Å². The van der Waals surface area contributed by atoms with Crippen LogP contribution in [-0.2, 0) is 6.54 Å². The molecule has 0 fully saturated rings. The lowest BCUT2D eigenvalue weighted by molar-refractivity contribution is 0.304. The Hall–Kier alpha value is -2.38. The molecule has 0 unspecified atom stereocenters. The summed E-state index contributed by atoms with van der Waals surface area (Å²) in [6.07, 6.45) is 7.03. The first kappa shape index (κ1) is 23.9. The summed E-state index contributed by atoms with van der Waals surface area (Å²) in [5.41, 5.74) is 7.57. The summed E-state index contributed by atoms with van der Waals surface area (Å²) in [5, 5.41) is 10.4. The second kappa shape index (κ2) is 14.6. The summed E-state index contributed by atoms with van der Waals surface area (Å²) in [6.45, 7) is 2.40. The van der Waals surface area contributed by atoms with Gasteiger partial charge in [0.1, 0.15) is 5.75 Å². The molecule has 2 aromatic carbocycles. The molecule has 2 rings (SSSR count). The van der Waals surface area contributed by atoms with Crippen molar-refractivity contribution >= 4 is 40.3 Å². The van der Waals surface area contributed by atoms with Crippen LogP contribution in [0.5, 0.6) is 5.75 Å². The molecular formula is C23H32N4OS2. The van der Waals surface area contributed by atoms with E-state index >= 15 is 0 Å². The van der Waals surface area contributed by atoms with Crippen LogP contribution in [0.25, 0.3) is 0 Å². The third kappa shape index (κ3) is 11.0. The molecule has 0 atom stereocenters. The van der Waals surface area contributed by atoms with E-state index in [1.165, 1.54) is 31.2 Å². The van der Waals surface area contributed by atoms with E-state index in [-0.39, 0.29) is 5.11 Å². The first-order valence-electron chi connectivity index (χ1n) is 10.5. The minimum Gasteiger partial charge on any atom is -0.494 e. The third-order valence-electron chi connectivity index (χ3n) is 4.52. The molecule has 0 aliphatic carbocycles. The van der Waals surface area contributed by atoms with Gasteiger partial charge in [-0.2, -0.15) is 0 Å². The van der Waals surface area contributed by atoms with Crippen LogP contribution in [0.15, 0.2) is 54.6 Å². The molecule has 0 saturated heterocycles. The topological polar surface area (TPSA) is 71.3 Å². The number of ether oxygens (including phenoxy) is 1. The van der Waals surface area contributed by atoms with E-state index in [9.17, 15) is 0 Å². The van der Waals surface area contributed by atoms with Gasteiger partial charge in [0.25, 0.3) is 0 Å². The summed E-state index contributed by atoms with van der Waals surface area (Å²) in [4.78, 5) is 0. The van der Waals surface area contributed by atoms with Gasteiger partial charge in [0, 0.05) is 24.8 Å². The lowest BCUT2D eigenvalue weighted by atomic mass is 10.1. The number of thiocarbonyl (C=S) groups is 2. The second-order valence-corrected chi connectivity index (χ2v) is 7.93. The molecule has 162 valence electrons. The van der Waals surface area contributed by atoms with Crippen molar-refractivity contribution < 1.29 is 4.74 Å². The number of unbranched alkanes of at least 4 members (excludes halogenated alkanes) is 5. The number of benzene rings is 2. The van der Waals surface area contributed by atoms with Crippen LogP contribution in [0.3, 0.4) is 0 Å². The van der Waals surface area contributed by atoms with Gasteiger partial charge >= 0.3 is 0 Å². The Morgan fingerprint density at radius 1 is 0.833 bits per heavy atom. The number of anilines is 1. The fraction of sp³-hybridized carbons (Fsp3) is 0.391. The summed E-state index contributed by atoms with van der Waals surface area (Å²) in [7, 11) is 0. The van der Waals surface area contributed by atoms with E-state index < -0.39 is 0 Å². The fourth-order valence-corrected chi connectivity index (χ4v) is 3.26. The first-order valence-corrected chi connectivity index (χ1v) is 11.3. The van der Waals surface area contributed by atoms with Gasteiger partial charge in [0.15, 0.2) is 10.2 Å². The van der Waals surface area contributed by atoms with Gasteiger partial charge in [0.2, 0.25) is 0 Å². The Kier molecular flexibility index (Phi) is 11.6. The van der Waals surface area contributed by atoms with E-state index in [0.29, 0.717) is 0 Å². The summed E-state index contributed by atoms with van der Waals surface area (Å²) in [6, 6.07) is 18.0. The average Bonchev–Trinajstić information content (AvgIpc) is 2.74. The number of hydrogen-bond donors (Lipinski definition) is 4. The zero-order valence-electron chi connectivity index (χ0n) is 17.4. The van der Waals surface area contributed by atoms with Crippen LogP contribution in [0.4, 0.5) is 5.69 Å². The highest BCUT2D eigenvalue weighted by Crippen LogP contribution is 2.17. The number of nitrogens with one attached hydrogen (secondary N) is 3. The summed E-state index contributed by atoms with van der Waals surface area (Å²) < 4.78 is 5.80. The van der Waals surface area contributed by atoms with Gasteiger partial charge in [-0.05, 0) is 55.0 Å². The molecular weight excluding hydrogens is 412 g/mol. The van der Waals surface area contributed by atoms with E-state index in [2.05, 4.69) is 28.1 Å². The van der Waals surface area contributed by atoms with Crippen LogP contribution >= 0.6 is 24.4 Å². The second-order valence-electron chi connectivity index (χ2n) is 7.08. The Morgan fingerprint density at radius 2 is 1.57 bits per heavy atom. The van der Waals surface area contributed by atoms with Crippen LogP contribution < -0.4 is 26.4 Å². The molecule has 7 heteroatoms. The summed E-state index contributed by atoms with van der Waals surface area (Å²) in [5.74, 6) is 0.833. The predicted molar refractivity (Wildman–Crippen MR) is 134 cm³/mol. The quantitative estimate of drug-likeness (QED) is 0.263. The lowest BCUT2D eigenvalue weighted by Crippen LogP contribution is -2.35. The first-order chi connectivity index (χ1) is 14.6. The minimum atomic E-state index is 0.257. The van der Waals surface area contributed by atoms with Crippen molar-refractivity contribution in [3.63, 3.8) is 0 Å². The van der Waals surface area contributed by atoms with Crippen molar-refractivity contribution in [1.29, 1.82) is 0 Å². The molecule has 0 amide bonds. The predicted octanol–water partition coefficient (Wildman–Crippen LogP) is 4.73. The Morgan fingerprint density at radius 3 is 2.33 bits per heavy atom. The Balaban J connectivity index is 1.41. The zero-order chi connectivity index (χ0) is 21.4. The largest absolute Gasteiger partial charge is 0.494 e. The Bertz CT molecular complexity index is 771. The highest BCUT2D eigenvalue weighted by molar-refractivity contribution is 7.80. The van der Waals surface area contributed by atoms with E-state index in [0.717, 1.165) is 49.1 Å². The molecule has 30 heavy (non-hydrogen) atoms. The van der Waals surface area contributed by atoms with Crippen molar-refractivity contribution in [2.75, 3.05) is 18.5 Å². The van der Waals surface area contributed by atoms with Crippen molar-refractivity contribution in [2.45, 2.75) is 45.1 Å². The van der Waals surface area contributed by atoms with Gasteiger partial charge < -0.3 is 26.4 Å². The standard InChI is InChI=1S/C23H32N4OS2/c24-22(29)27-20-13-10-14-21(17-20)28-16-9-4-2-1-3-8-15-25-23(30)26-18-19-11-6-5-7-12-19/h5-7,10-14,17H,1-4,8-9,15-16,18H2,(H3,24,27,29)(H2,25,26,30). The SMILES string of the molecule is NC(=S)Nc1cccc(OCCCCCCCCNC(=S)NCc2ccccc2)c1. The molecule has 0 heterocycles. The molecule has 5 N–H and O–H groups in total. The molecule has 0 saturated carbocycles. The maximum atomic E-state index is 5.80. The van der Waals surface area contributed by atoms with Gasteiger partial charge in [-0.1, -0.05) is 62.1 Å². The molecule has 0 spiro atoms. The highest BCUT2D eigenvalue weighted by Gasteiger charge is 1.99. The number of rotatable bonds is 13. The molecule has 0 aliphatic rings. The molecule has 5 nitrogen and oxygen atoms in total. The smallest absolute Gasteiger partial charge is 0.168 e. The molecule has 0 aliphatic heterocycles. The van der Waals surface area contributed by atoms with Crippen molar-refractivity contribution in [3.05, 3.63) is 60.2 Å². The van der Waals surface area contributed by atoms with E-state index in [4.69, 9.17) is 34.9 Å². The van der Waals surface area contributed by atoms with Crippen LogP contribution in [-0.4, -0.2) is 23.4 Å². The van der Waals surface area contributed by atoms with Gasteiger partial charge in [-0.25, -0.2) is 0 Å². The summed E-state index contributed by atoms with van der Waals surface area (Å²) >= 11 is 10.2. The molecule has 0 aromatic heterocycles. The molecule has 0 bridgehead atoms. The maximum Gasteiger partial charge on any atom is 0.168 e. The highest BCUT2D eigenvalue weighted by atomic mass is 32.1. The maximum absolute atomic E-state index is 5.80. The van der Waals surface area contributed by atoms with E-state index in [1.807, 2.05) is 42.5 Å². The van der Waals surface area contributed by atoms with E-state index in [1.54, 1.807) is 0 Å². The van der Waals surface area contributed by atoms with Crippen LogP contribution in [0.1, 0.15) is 44.1 Å². The van der Waals surface area contributed by atoms with Crippen LogP contribution in [0, 0.1) is 0 Å². The lowest BCUT2D eigenvalue weighted by Gasteiger charge is -2.10.